The summed E-state index contributed by atoms with van der Waals surface area (Å²) in [6.07, 6.45) is 8.85. The molecule has 30 heavy (non-hydrogen) atoms. The molecule has 0 saturated carbocycles. The Morgan fingerprint density at radius 3 is 2.37 bits per heavy atom. The number of carbonyl (C=O) groups is 2. The third kappa shape index (κ3) is 7.40. The molecule has 0 radical (unpaired) electrons. The van der Waals surface area contributed by atoms with Gasteiger partial charge in [0.1, 0.15) is 6.04 Å². The predicted octanol–water partition coefficient (Wildman–Crippen LogP) is 3.25. The number of benzene rings is 1. The first-order valence-corrected chi connectivity index (χ1v) is 12.4. The second-order valence-electron chi connectivity index (χ2n) is 7.64. The maximum absolute atomic E-state index is 12.9. The summed E-state index contributed by atoms with van der Waals surface area (Å²) in [6.45, 7) is 2.84. The van der Waals surface area contributed by atoms with E-state index < -0.39 is 27.9 Å². The summed E-state index contributed by atoms with van der Waals surface area (Å²) >= 11 is 0. The number of hydrogen-bond donors (Lipinski definition) is 1. The average Bonchev–Trinajstić information content (AvgIpc) is 2.74. The fourth-order valence-corrected chi connectivity index (χ4v) is 5.15. The van der Waals surface area contributed by atoms with Crippen molar-refractivity contribution in [3.05, 3.63) is 30.3 Å². The summed E-state index contributed by atoms with van der Waals surface area (Å²) in [5.41, 5.74) is 0. The molecule has 1 heterocycles. The molecule has 1 amide bonds. The Balaban J connectivity index is 1.81. The molecule has 1 aromatic rings. The zero-order valence-corrected chi connectivity index (χ0v) is 18.7. The Morgan fingerprint density at radius 1 is 1.07 bits per heavy atom. The van der Waals surface area contributed by atoms with E-state index in [4.69, 9.17) is 4.74 Å². The highest BCUT2D eigenvalue weighted by molar-refractivity contribution is 7.89. The highest BCUT2D eigenvalue weighted by atomic mass is 32.2. The first-order chi connectivity index (χ1) is 14.5. The molecule has 1 atom stereocenters. The average molecular weight is 439 g/mol. The molecule has 0 bridgehead atoms. The van der Waals surface area contributed by atoms with E-state index in [1.807, 2.05) is 0 Å². The predicted molar refractivity (Wildman–Crippen MR) is 115 cm³/mol. The van der Waals surface area contributed by atoms with Gasteiger partial charge >= 0.3 is 5.97 Å². The molecule has 1 aliphatic rings. The number of piperazine rings is 1. The van der Waals surface area contributed by atoms with E-state index in [-0.39, 0.29) is 24.4 Å². The second kappa shape index (κ2) is 12.7. The van der Waals surface area contributed by atoms with Gasteiger partial charge in [0.15, 0.2) is 0 Å². The molecule has 8 heteroatoms. The summed E-state index contributed by atoms with van der Waals surface area (Å²) in [7, 11) is -3.87. The van der Waals surface area contributed by atoms with Crippen LogP contribution >= 0.6 is 0 Å². The van der Waals surface area contributed by atoms with Gasteiger partial charge in [-0.3, -0.25) is 9.59 Å². The molecule has 1 aromatic carbocycles. The van der Waals surface area contributed by atoms with Gasteiger partial charge in [-0.15, -0.1) is 0 Å². The van der Waals surface area contributed by atoms with Crippen LogP contribution in [-0.2, 0) is 24.3 Å². The smallest absolute Gasteiger partial charge is 0.307 e. The molecule has 0 spiro atoms. The van der Waals surface area contributed by atoms with Crippen molar-refractivity contribution in [1.29, 1.82) is 0 Å². The van der Waals surface area contributed by atoms with Crippen molar-refractivity contribution in [2.45, 2.75) is 75.6 Å². The molecule has 0 aliphatic carbocycles. The van der Waals surface area contributed by atoms with E-state index in [9.17, 15) is 18.0 Å². The van der Waals surface area contributed by atoms with Crippen LogP contribution in [0.15, 0.2) is 35.2 Å². The summed E-state index contributed by atoms with van der Waals surface area (Å²) in [5, 5.41) is 2.64. The maximum atomic E-state index is 12.9. The van der Waals surface area contributed by atoms with Gasteiger partial charge in [-0.25, -0.2) is 8.42 Å². The Hall–Kier alpha value is -1.93. The van der Waals surface area contributed by atoms with Gasteiger partial charge < -0.3 is 10.1 Å². The number of nitrogens with one attached hydrogen (secondary N) is 1. The number of rotatable bonds is 13. The number of hydrogen-bond acceptors (Lipinski definition) is 5. The van der Waals surface area contributed by atoms with Crippen molar-refractivity contribution in [3.63, 3.8) is 0 Å². The van der Waals surface area contributed by atoms with E-state index in [0.717, 1.165) is 23.6 Å². The lowest BCUT2D eigenvalue weighted by Gasteiger charge is -2.33. The lowest BCUT2D eigenvalue weighted by atomic mass is 10.1. The molecule has 1 aliphatic heterocycles. The minimum Gasteiger partial charge on any atom is -0.466 e. The van der Waals surface area contributed by atoms with Crippen LogP contribution in [0.25, 0.3) is 0 Å². The number of esters is 1. The van der Waals surface area contributed by atoms with Crippen LogP contribution in [0.5, 0.6) is 0 Å². The number of amides is 1. The normalized spacial score (nSPS) is 17.5. The Kier molecular flexibility index (Phi) is 10.3. The van der Waals surface area contributed by atoms with Crippen LogP contribution in [0.2, 0.25) is 0 Å². The minimum atomic E-state index is -3.87. The van der Waals surface area contributed by atoms with Gasteiger partial charge in [0.2, 0.25) is 15.9 Å². The number of carbonyl (C=O) groups excluding carboxylic acids is 2. The van der Waals surface area contributed by atoms with Crippen LogP contribution < -0.4 is 5.32 Å². The van der Waals surface area contributed by atoms with Crippen molar-refractivity contribution >= 4 is 21.9 Å². The summed E-state index contributed by atoms with van der Waals surface area (Å²) in [5.74, 6) is -1.02. The molecule has 1 unspecified atom stereocenters. The van der Waals surface area contributed by atoms with Gasteiger partial charge in [0, 0.05) is 13.1 Å². The zero-order chi connectivity index (χ0) is 21.8. The first kappa shape index (κ1) is 24.3. The monoisotopic (exact) mass is 438 g/mol. The molecular weight excluding hydrogens is 404 g/mol. The lowest BCUT2D eigenvalue weighted by Crippen LogP contribution is -2.57. The van der Waals surface area contributed by atoms with Crippen molar-refractivity contribution in [2.75, 3.05) is 19.7 Å². The van der Waals surface area contributed by atoms with Crippen LogP contribution in [0.3, 0.4) is 0 Å². The highest BCUT2D eigenvalue weighted by Crippen LogP contribution is 2.21. The van der Waals surface area contributed by atoms with Crippen molar-refractivity contribution in [3.8, 4) is 0 Å². The van der Waals surface area contributed by atoms with Gasteiger partial charge in [-0.05, 0) is 18.6 Å². The number of ether oxygens (including phenoxy) is 1. The van der Waals surface area contributed by atoms with Gasteiger partial charge in [-0.2, -0.15) is 4.31 Å². The second-order valence-corrected chi connectivity index (χ2v) is 9.53. The van der Waals surface area contributed by atoms with Crippen molar-refractivity contribution in [2.24, 2.45) is 0 Å². The SMILES string of the molecule is CCCCCCCCCCOC(=O)CC1C(=O)NCCN1S(=O)(=O)c1ccccc1. The van der Waals surface area contributed by atoms with Crippen molar-refractivity contribution < 1.29 is 22.7 Å². The number of nitrogens with zero attached hydrogens (tertiary/aromatic N) is 1. The van der Waals surface area contributed by atoms with E-state index in [1.54, 1.807) is 18.2 Å². The fourth-order valence-electron chi connectivity index (χ4n) is 3.54. The summed E-state index contributed by atoms with van der Waals surface area (Å²) in [6, 6.07) is 6.87. The molecule has 1 saturated heterocycles. The molecule has 0 aromatic heterocycles. The van der Waals surface area contributed by atoms with E-state index >= 15 is 0 Å². The Morgan fingerprint density at radius 2 is 1.70 bits per heavy atom. The third-order valence-electron chi connectivity index (χ3n) is 5.25. The first-order valence-electron chi connectivity index (χ1n) is 11.0. The molecule has 1 fully saturated rings. The van der Waals surface area contributed by atoms with Gasteiger partial charge in [-0.1, -0.05) is 70.1 Å². The van der Waals surface area contributed by atoms with Crippen LogP contribution in [0.1, 0.15) is 64.7 Å². The topological polar surface area (TPSA) is 92.8 Å². The number of unbranched alkanes of at least 4 members (excludes halogenated alkanes) is 7. The standard InChI is InChI=1S/C22H34N2O5S/c1-2-3-4-5-6-7-8-12-17-29-21(25)18-20-22(26)23-15-16-24(20)30(27,28)19-13-10-9-11-14-19/h9-11,13-14,20H,2-8,12,15-18H2,1H3,(H,23,26). The maximum Gasteiger partial charge on any atom is 0.307 e. The molecule has 7 nitrogen and oxygen atoms in total. The largest absolute Gasteiger partial charge is 0.466 e. The highest BCUT2D eigenvalue weighted by Gasteiger charge is 2.39. The summed E-state index contributed by atoms with van der Waals surface area (Å²) in [4.78, 5) is 24.7. The van der Waals surface area contributed by atoms with Crippen LogP contribution in [-0.4, -0.2) is 50.3 Å². The van der Waals surface area contributed by atoms with Gasteiger partial charge in [0.25, 0.3) is 0 Å². The third-order valence-corrected chi connectivity index (χ3v) is 7.17. The molecular formula is C22H34N2O5S. The Labute approximate surface area is 180 Å². The van der Waals surface area contributed by atoms with E-state index in [1.165, 1.54) is 44.2 Å². The van der Waals surface area contributed by atoms with Gasteiger partial charge in [0.05, 0.1) is 17.9 Å². The van der Waals surface area contributed by atoms with Crippen LogP contribution in [0, 0.1) is 0 Å². The lowest BCUT2D eigenvalue weighted by molar-refractivity contribution is -0.147. The van der Waals surface area contributed by atoms with E-state index in [2.05, 4.69) is 12.2 Å². The fraction of sp³-hybridized carbons (Fsp3) is 0.636. The quantitative estimate of drug-likeness (QED) is 0.377. The Bertz CT molecular complexity index is 767. The molecule has 1 N–H and O–H groups in total. The van der Waals surface area contributed by atoms with Crippen LogP contribution in [0.4, 0.5) is 0 Å². The minimum absolute atomic E-state index is 0.108. The van der Waals surface area contributed by atoms with E-state index in [0.29, 0.717) is 6.61 Å². The number of sulfonamides is 1. The van der Waals surface area contributed by atoms with Crippen molar-refractivity contribution in [1.82, 2.24) is 9.62 Å². The zero-order valence-electron chi connectivity index (χ0n) is 17.8. The molecule has 2 rings (SSSR count). The molecule has 168 valence electrons. The summed E-state index contributed by atoms with van der Waals surface area (Å²) < 4.78 is 32.3.